The number of aryl methyl sites for hydroxylation is 2. The Kier molecular flexibility index (Phi) is 15.1. The Hall–Kier alpha value is -0.830. The molecular formula is C17H34IN5O. The van der Waals surface area contributed by atoms with Crippen molar-refractivity contribution in [1.29, 1.82) is 0 Å². The Bertz CT molecular complexity index is 436. The van der Waals surface area contributed by atoms with Gasteiger partial charge in [-0.1, -0.05) is 0 Å². The van der Waals surface area contributed by atoms with Gasteiger partial charge in [-0.3, -0.25) is 4.99 Å². The van der Waals surface area contributed by atoms with Crippen molar-refractivity contribution < 1.29 is 4.74 Å². The summed E-state index contributed by atoms with van der Waals surface area (Å²) >= 11 is 0. The molecule has 0 radical (unpaired) electrons. The highest BCUT2D eigenvalue weighted by Crippen LogP contribution is 1.99. The van der Waals surface area contributed by atoms with E-state index in [2.05, 4.69) is 32.1 Å². The van der Waals surface area contributed by atoms with Gasteiger partial charge >= 0.3 is 0 Å². The molecule has 0 amide bonds. The summed E-state index contributed by atoms with van der Waals surface area (Å²) < 4.78 is 7.52. The van der Waals surface area contributed by atoms with Crippen LogP contribution < -0.4 is 10.6 Å². The smallest absolute Gasteiger partial charge is 0.191 e. The molecule has 1 aromatic rings. The minimum absolute atomic E-state index is 0. The van der Waals surface area contributed by atoms with E-state index in [0.717, 1.165) is 76.9 Å². The molecule has 0 aromatic carbocycles. The second-order valence-electron chi connectivity index (χ2n) is 5.47. The molecule has 0 spiro atoms. The molecule has 0 unspecified atom stereocenters. The average Bonchev–Trinajstić information content (AvgIpc) is 2.95. The zero-order valence-corrected chi connectivity index (χ0v) is 17.7. The monoisotopic (exact) mass is 451 g/mol. The molecule has 1 rings (SSSR count). The van der Waals surface area contributed by atoms with Crippen molar-refractivity contribution in [3.05, 3.63) is 18.2 Å². The lowest BCUT2D eigenvalue weighted by atomic mass is 10.3. The number of aliphatic imine (C=N–C) groups is 1. The number of rotatable bonds is 12. The van der Waals surface area contributed by atoms with Crippen molar-refractivity contribution in [3.8, 4) is 0 Å². The van der Waals surface area contributed by atoms with E-state index in [1.807, 2.05) is 26.2 Å². The molecule has 6 nitrogen and oxygen atoms in total. The van der Waals surface area contributed by atoms with Gasteiger partial charge in [0, 0.05) is 51.8 Å². The third-order valence-corrected chi connectivity index (χ3v) is 3.56. The SMILES string of the molecule is CCNC(=NCCCCOCC)NCCCCn1ccnc1C.I. The van der Waals surface area contributed by atoms with Crippen LogP contribution in [0.25, 0.3) is 0 Å². The van der Waals surface area contributed by atoms with Gasteiger partial charge in [0.25, 0.3) is 0 Å². The number of nitrogens with zero attached hydrogens (tertiary/aromatic N) is 3. The van der Waals surface area contributed by atoms with Crippen LogP contribution in [0.4, 0.5) is 0 Å². The van der Waals surface area contributed by atoms with E-state index in [1.165, 1.54) is 0 Å². The molecule has 24 heavy (non-hydrogen) atoms. The number of imidazole rings is 1. The van der Waals surface area contributed by atoms with Crippen LogP contribution in [0.1, 0.15) is 45.4 Å². The van der Waals surface area contributed by atoms with Gasteiger partial charge in [0.1, 0.15) is 5.82 Å². The minimum atomic E-state index is 0. The number of nitrogens with one attached hydrogen (secondary N) is 2. The number of hydrogen-bond donors (Lipinski definition) is 2. The van der Waals surface area contributed by atoms with Crippen LogP contribution in [-0.2, 0) is 11.3 Å². The Morgan fingerprint density at radius 3 is 2.71 bits per heavy atom. The number of hydrogen-bond acceptors (Lipinski definition) is 3. The van der Waals surface area contributed by atoms with Crippen molar-refractivity contribution in [2.24, 2.45) is 4.99 Å². The van der Waals surface area contributed by atoms with Crippen LogP contribution in [0.2, 0.25) is 0 Å². The maximum absolute atomic E-state index is 5.33. The normalized spacial score (nSPS) is 11.2. The van der Waals surface area contributed by atoms with Crippen LogP contribution in [0, 0.1) is 6.92 Å². The van der Waals surface area contributed by atoms with Gasteiger partial charge < -0.3 is 19.9 Å². The standard InChI is InChI=1S/C17H33N5O.HI/c1-4-18-17(21-11-7-9-15-23-5-2)20-10-6-8-13-22-14-12-19-16(22)3;/h12,14H,4-11,13,15H2,1-3H3,(H2,18,20,21);1H. The van der Waals surface area contributed by atoms with Gasteiger partial charge in [-0.2, -0.15) is 0 Å². The summed E-state index contributed by atoms with van der Waals surface area (Å²) in [4.78, 5) is 8.83. The Morgan fingerprint density at radius 1 is 1.21 bits per heavy atom. The first-order valence-electron chi connectivity index (χ1n) is 8.85. The molecule has 2 N–H and O–H groups in total. The third kappa shape index (κ3) is 10.9. The molecular weight excluding hydrogens is 417 g/mol. The summed E-state index contributed by atoms with van der Waals surface area (Å²) in [7, 11) is 0. The van der Waals surface area contributed by atoms with E-state index in [0.29, 0.717) is 0 Å². The van der Waals surface area contributed by atoms with E-state index in [1.54, 1.807) is 0 Å². The molecule has 0 bridgehead atoms. The predicted molar refractivity (Wildman–Crippen MR) is 111 cm³/mol. The molecule has 1 heterocycles. The summed E-state index contributed by atoms with van der Waals surface area (Å²) in [5, 5.41) is 6.69. The van der Waals surface area contributed by atoms with E-state index in [-0.39, 0.29) is 24.0 Å². The third-order valence-electron chi connectivity index (χ3n) is 3.56. The molecule has 0 saturated carbocycles. The number of guanidine groups is 1. The van der Waals surface area contributed by atoms with E-state index < -0.39 is 0 Å². The highest BCUT2D eigenvalue weighted by atomic mass is 127. The van der Waals surface area contributed by atoms with Crippen LogP contribution in [0.3, 0.4) is 0 Å². The highest BCUT2D eigenvalue weighted by molar-refractivity contribution is 14.0. The van der Waals surface area contributed by atoms with Gasteiger partial charge in [0.2, 0.25) is 0 Å². The molecule has 1 aromatic heterocycles. The van der Waals surface area contributed by atoms with Crippen molar-refractivity contribution in [2.75, 3.05) is 32.8 Å². The number of unbranched alkanes of at least 4 members (excludes halogenated alkanes) is 2. The first-order chi connectivity index (χ1) is 11.3. The first-order valence-corrected chi connectivity index (χ1v) is 8.85. The van der Waals surface area contributed by atoms with E-state index >= 15 is 0 Å². The van der Waals surface area contributed by atoms with Crippen molar-refractivity contribution in [3.63, 3.8) is 0 Å². The molecule has 0 fully saturated rings. The van der Waals surface area contributed by atoms with Gasteiger partial charge in [0.15, 0.2) is 5.96 Å². The second kappa shape index (κ2) is 15.7. The molecule has 0 aliphatic heterocycles. The fourth-order valence-corrected chi connectivity index (χ4v) is 2.25. The van der Waals surface area contributed by atoms with Crippen LogP contribution in [0.5, 0.6) is 0 Å². The minimum Gasteiger partial charge on any atom is -0.382 e. The zero-order chi connectivity index (χ0) is 16.8. The molecule has 7 heteroatoms. The molecule has 0 atom stereocenters. The summed E-state index contributed by atoms with van der Waals surface area (Å²) in [6.45, 7) is 11.5. The lowest BCUT2D eigenvalue weighted by Gasteiger charge is -2.11. The lowest BCUT2D eigenvalue weighted by Crippen LogP contribution is -2.37. The average molecular weight is 451 g/mol. The molecule has 0 aliphatic rings. The van der Waals surface area contributed by atoms with E-state index in [4.69, 9.17) is 4.74 Å². The van der Waals surface area contributed by atoms with Gasteiger partial charge in [-0.05, 0) is 46.5 Å². The summed E-state index contributed by atoms with van der Waals surface area (Å²) in [6, 6.07) is 0. The van der Waals surface area contributed by atoms with Crippen molar-refractivity contribution >= 4 is 29.9 Å². The highest BCUT2D eigenvalue weighted by Gasteiger charge is 1.98. The topological polar surface area (TPSA) is 63.5 Å². The summed E-state index contributed by atoms with van der Waals surface area (Å²) in [5.74, 6) is 2.00. The lowest BCUT2D eigenvalue weighted by molar-refractivity contribution is 0.144. The molecule has 140 valence electrons. The predicted octanol–water partition coefficient (Wildman–Crippen LogP) is 2.96. The second-order valence-corrected chi connectivity index (χ2v) is 5.47. The summed E-state index contributed by atoms with van der Waals surface area (Å²) in [5.41, 5.74) is 0. The molecule has 0 saturated heterocycles. The van der Waals surface area contributed by atoms with Crippen LogP contribution >= 0.6 is 24.0 Å². The van der Waals surface area contributed by atoms with E-state index in [9.17, 15) is 0 Å². The van der Waals surface area contributed by atoms with Crippen molar-refractivity contribution in [2.45, 2.75) is 53.0 Å². The Morgan fingerprint density at radius 2 is 2.04 bits per heavy atom. The van der Waals surface area contributed by atoms with Gasteiger partial charge in [-0.25, -0.2) is 4.98 Å². The fraction of sp³-hybridized carbons (Fsp3) is 0.765. The maximum Gasteiger partial charge on any atom is 0.191 e. The maximum atomic E-state index is 5.33. The van der Waals surface area contributed by atoms with Crippen LogP contribution in [-0.4, -0.2) is 48.4 Å². The largest absolute Gasteiger partial charge is 0.382 e. The first kappa shape index (κ1) is 23.2. The molecule has 0 aliphatic carbocycles. The summed E-state index contributed by atoms with van der Waals surface area (Å²) in [6.07, 6.45) is 8.29. The van der Waals surface area contributed by atoms with Crippen LogP contribution in [0.15, 0.2) is 17.4 Å². The number of halogens is 1. The van der Waals surface area contributed by atoms with Gasteiger partial charge in [-0.15, -0.1) is 24.0 Å². The number of aromatic nitrogens is 2. The zero-order valence-electron chi connectivity index (χ0n) is 15.4. The van der Waals surface area contributed by atoms with Crippen molar-refractivity contribution in [1.82, 2.24) is 20.2 Å². The number of ether oxygens (including phenoxy) is 1. The quantitative estimate of drug-likeness (QED) is 0.222. The fourth-order valence-electron chi connectivity index (χ4n) is 2.25. The Labute approximate surface area is 163 Å². The Balaban J connectivity index is 0.00000529. The van der Waals surface area contributed by atoms with Gasteiger partial charge in [0.05, 0.1) is 0 Å².